The number of H-pyrrole nitrogens is 1. The molecule has 0 fully saturated rings. The Bertz CT molecular complexity index is 1650. The lowest BCUT2D eigenvalue weighted by Crippen LogP contribution is -2.09. The lowest BCUT2D eigenvalue weighted by molar-refractivity contribution is 0.477. The van der Waals surface area contributed by atoms with Crippen LogP contribution in [0.15, 0.2) is 77.3 Å². The summed E-state index contributed by atoms with van der Waals surface area (Å²) in [6, 6.07) is 24.8. The summed E-state index contributed by atoms with van der Waals surface area (Å²) in [5.41, 5.74) is 3.93. The van der Waals surface area contributed by atoms with Crippen molar-refractivity contribution in [2.24, 2.45) is 0 Å². The number of nitrogens with one attached hydrogen (secondary N) is 1. The number of nitrogens with zero attached hydrogens (tertiary/aromatic N) is 1. The van der Waals surface area contributed by atoms with E-state index in [0.717, 1.165) is 49.9 Å². The first kappa shape index (κ1) is 18.5. The summed E-state index contributed by atoms with van der Waals surface area (Å²) in [4.78, 5) is 8.60. The van der Waals surface area contributed by atoms with Gasteiger partial charge in [-0.25, -0.2) is 4.98 Å². The number of aromatic nitrogens is 2. The fourth-order valence-corrected chi connectivity index (χ4v) is 4.95. The number of aromatic hydroxyl groups is 1. The maximum Gasteiger partial charge on any atom is 0.154 e. The van der Waals surface area contributed by atoms with E-state index < -0.39 is 0 Å². The van der Waals surface area contributed by atoms with E-state index >= 15 is 0 Å². The minimum atomic E-state index is 0.224. The first-order valence-corrected chi connectivity index (χ1v) is 11.2. The number of fused-ring (bicyclic) bond motifs is 7. The van der Waals surface area contributed by atoms with Gasteiger partial charge < -0.3 is 10.1 Å². The van der Waals surface area contributed by atoms with Gasteiger partial charge in [0.05, 0.1) is 16.6 Å². The number of hydrogen-bond acceptors (Lipinski definition) is 2. The Morgan fingerprint density at radius 2 is 1.65 bits per heavy atom. The van der Waals surface area contributed by atoms with Crippen molar-refractivity contribution < 1.29 is 5.11 Å². The zero-order valence-corrected chi connectivity index (χ0v) is 18.5. The van der Waals surface area contributed by atoms with Crippen LogP contribution in [0.1, 0.15) is 0 Å². The molecule has 6 rings (SSSR count). The number of phenolic OH excluding ortho intramolecular Hbond substituents is 1. The number of phenols is 1. The summed E-state index contributed by atoms with van der Waals surface area (Å²) in [5, 5.41) is 17.4. The normalized spacial score (nSPS) is 11.7. The first-order chi connectivity index (χ1) is 15.1. The summed E-state index contributed by atoms with van der Waals surface area (Å²) in [5.74, 6) is 0.904. The zero-order chi connectivity index (χ0) is 21.1. The van der Waals surface area contributed by atoms with Crippen LogP contribution in [0, 0.1) is 0 Å². The van der Waals surface area contributed by atoms with Gasteiger partial charge in [0.1, 0.15) is 11.6 Å². The molecule has 0 atom stereocenters. The number of rotatable bonds is 2. The predicted octanol–water partition coefficient (Wildman–Crippen LogP) is 6.27. The maximum atomic E-state index is 10.8. The highest BCUT2D eigenvalue weighted by atomic mass is 79.9. The molecule has 0 unspecified atom stereocenters. The molecule has 0 bridgehead atoms. The average Bonchev–Trinajstić information content (AvgIpc) is 3.24. The van der Waals surface area contributed by atoms with Crippen LogP contribution in [-0.2, 0) is 0 Å². The minimum absolute atomic E-state index is 0.224. The third-order valence-corrected chi connectivity index (χ3v) is 6.63. The molecule has 148 valence electrons. The molecule has 1 heterocycles. The van der Waals surface area contributed by atoms with Crippen molar-refractivity contribution in [3.63, 3.8) is 0 Å². The van der Waals surface area contributed by atoms with Crippen LogP contribution in [0.5, 0.6) is 5.75 Å². The maximum absolute atomic E-state index is 10.8. The quantitative estimate of drug-likeness (QED) is 0.234. The van der Waals surface area contributed by atoms with E-state index in [4.69, 9.17) is 4.98 Å². The largest absolute Gasteiger partial charge is 0.507 e. The lowest BCUT2D eigenvalue weighted by Gasteiger charge is -2.08. The molecule has 5 heteroatoms. The third kappa shape index (κ3) is 2.77. The molecule has 0 amide bonds. The molecule has 0 aliphatic carbocycles. The standard InChI is InChI=1S/C26H18BBrN2O/c1-27-15-7-9-18-19-10-8-16(28)13-21(19)25-24(20(18)12-15)29-26(30-25)23-17-5-3-2-4-14(17)6-11-22(23)31/h2-13,27,31H,1H3,(H,29,30). The molecule has 1 aromatic heterocycles. The zero-order valence-electron chi connectivity index (χ0n) is 16.9. The minimum Gasteiger partial charge on any atom is -0.507 e. The monoisotopic (exact) mass is 464 g/mol. The molecule has 5 aromatic carbocycles. The van der Waals surface area contributed by atoms with E-state index in [-0.39, 0.29) is 5.75 Å². The molecule has 3 nitrogen and oxygen atoms in total. The molecule has 31 heavy (non-hydrogen) atoms. The number of halogens is 1. The fraction of sp³-hybridized carbons (Fsp3) is 0.0385. The smallest absolute Gasteiger partial charge is 0.154 e. The van der Waals surface area contributed by atoms with Gasteiger partial charge in [-0.15, -0.1) is 0 Å². The molecular formula is C26H18BBrN2O. The second kappa shape index (κ2) is 6.86. The molecule has 0 saturated heterocycles. The van der Waals surface area contributed by atoms with Crippen molar-refractivity contribution in [3.05, 3.63) is 77.3 Å². The molecule has 0 radical (unpaired) electrons. The van der Waals surface area contributed by atoms with Crippen LogP contribution in [0.2, 0.25) is 6.82 Å². The highest BCUT2D eigenvalue weighted by Gasteiger charge is 2.18. The number of imidazole rings is 1. The summed E-state index contributed by atoms with van der Waals surface area (Å²) < 4.78 is 1.02. The van der Waals surface area contributed by atoms with Gasteiger partial charge in [0.2, 0.25) is 0 Å². The van der Waals surface area contributed by atoms with Gasteiger partial charge in [0.15, 0.2) is 7.28 Å². The third-order valence-electron chi connectivity index (χ3n) is 6.14. The van der Waals surface area contributed by atoms with E-state index in [1.54, 1.807) is 6.07 Å². The molecular weight excluding hydrogens is 447 g/mol. The molecule has 0 spiro atoms. The summed E-state index contributed by atoms with van der Waals surface area (Å²) in [6.07, 6.45) is 0. The number of aromatic amines is 1. The fourth-order valence-electron chi connectivity index (χ4n) is 4.59. The van der Waals surface area contributed by atoms with Crippen LogP contribution in [-0.4, -0.2) is 22.4 Å². The van der Waals surface area contributed by atoms with Crippen molar-refractivity contribution >= 4 is 72.0 Å². The number of benzene rings is 5. The van der Waals surface area contributed by atoms with Gasteiger partial charge in [0, 0.05) is 15.2 Å². The Labute approximate surface area is 188 Å². The van der Waals surface area contributed by atoms with E-state index in [9.17, 15) is 5.11 Å². The lowest BCUT2D eigenvalue weighted by atomic mass is 9.72. The van der Waals surface area contributed by atoms with Crippen LogP contribution in [0.25, 0.3) is 54.7 Å². The summed E-state index contributed by atoms with van der Waals surface area (Å²) in [7, 11) is 0.969. The van der Waals surface area contributed by atoms with Gasteiger partial charge in [0.25, 0.3) is 0 Å². The van der Waals surface area contributed by atoms with Crippen molar-refractivity contribution in [2.75, 3.05) is 0 Å². The topological polar surface area (TPSA) is 48.9 Å². The van der Waals surface area contributed by atoms with E-state index in [2.05, 4.69) is 70.2 Å². The van der Waals surface area contributed by atoms with Gasteiger partial charge in [-0.2, -0.15) is 0 Å². The molecule has 0 aliphatic heterocycles. The van der Waals surface area contributed by atoms with Crippen LogP contribution in [0.3, 0.4) is 0 Å². The van der Waals surface area contributed by atoms with E-state index in [0.29, 0.717) is 5.82 Å². The average molecular weight is 465 g/mol. The number of hydrogen-bond donors (Lipinski definition) is 2. The predicted molar refractivity (Wildman–Crippen MR) is 136 cm³/mol. The van der Waals surface area contributed by atoms with Gasteiger partial charge in [-0.05, 0) is 39.7 Å². The summed E-state index contributed by atoms with van der Waals surface area (Å²) >= 11 is 3.63. The van der Waals surface area contributed by atoms with Gasteiger partial charge in [-0.1, -0.05) is 82.8 Å². The molecule has 2 N–H and O–H groups in total. The van der Waals surface area contributed by atoms with Crippen LogP contribution < -0.4 is 5.46 Å². The van der Waals surface area contributed by atoms with Gasteiger partial charge in [-0.3, -0.25) is 0 Å². The second-order valence-corrected chi connectivity index (χ2v) is 8.83. The first-order valence-electron chi connectivity index (χ1n) is 10.4. The Morgan fingerprint density at radius 3 is 2.52 bits per heavy atom. The Hall–Kier alpha value is -3.31. The van der Waals surface area contributed by atoms with E-state index in [1.165, 1.54) is 16.2 Å². The van der Waals surface area contributed by atoms with Crippen LogP contribution in [0.4, 0.5) is 0 Å². The highest BCUT2D eigenvalue weighted by Crippen LogP contribution is 2.39. The SMILES string of the molecule is CBc1ccc2c3ccc(Br)cc3c3[nH]c(-c4c(O)ccc5ccccc45)nc3c2c1. The second-order valence-electron chi connectivity index (χ2n) is 7.91. The Balaban J connectivity index is 1.79. The molecule has 0 saturated carbocycles. The van der Waals surface area contributed by atoms with E-state index in [1.807, 2.05) is 24.3 Å². The van der Waals surface area contributed by atoms with Crippen molar-refractivity contribution in [1.82, 2.24) is 9.97 Å². The summed E-state index contributed by atoms with van der Waals surface area (Å²) in [6.45, 7) is 2.17. The Kier molecular flexibility index (Phi) is 4.08. The van der Waals surface area contributed by atoms with Crippen molar-refractivity contribution in [2.45, 2.75) is 6.82 Å². The highest BCUT2D eigenvalue weighted by molar-refractivity contribution is 9.10. The Morgan fingerprint density at radius 1 is 0.839 bits per heavy atom. The molecule has 6 aromatic rings. The van der Waals surface area contributed by atoms with Gasteiger partial charge >= 0.3 is 0 Å². The van der Waals surface area contributed by atoms with Crippen LogP contribution >= 0.6 is 15.9 Å². The van der Waals surface area contributed by atoms with Crippen molar-refractivity contribution in [3.8, 4) is 17.1 Å². The molecule has 0 aliphatic rings. The van der Waals surface area contributed by atoms with Crippen molar-refractivity contribution in [1.29, 1.82) is 0 Å².